The summed E-state index contributed by atoms with van der Waals surface area (Å²) < 4.78 is 45.7. The highest BCUT2D eigenvalue weighted by atomic mass is 19.4. The van der Waals surface area contributed by atoms with Crippen LogP contribution in [0.5, 0.6) is 11.5 Å². The lowest BCUT2D eigenvalue weighted by Crippen LogP contribution is -2.27. The molecule has 1 N–H and O–H groups in total. The van der Waals surface area contributed by atoms with Gasteiger partial charge in [-0.3, -0.25) is 4.79 Å². The first-order chi connectivity index (χ1) is 13.1. The smallest absolute Gasteiger partial charge is 0.482 e. The maximum atomic E-state index is 12.3. The van der Waals surface area contributed by atoms with Crippen LogP contribution in [0, 0.1) is 0 Å². The Balaban J connectivity index is 1.92. The van der Waals surface area contributed by atoms with E-state index in [0.29, 0.717) is 11.3 Å². The topological polar surface area (TPSA) is 76.1 Å². The van der Waals surface area contributed by atoms with Crippen LogP contribution in [0.25, 0.3) is 0 Å². The highest BCUT2D eigenvalue weighted by molar-refractivity contribution is 5.78. The Morgan fingerprint density at radius 1 is 1.04 bits per heavy atom. The fraction of sp³-hybridized carbons (Fsp3) is 0.263. The van der Waals surface area contributed by atoms with Gasteiger partial charge >= 0.3 is 12.3 Å². The molecule has 0 heterocycles. The number of hydrogen-bond acceptors (Lipinski definition) is 4. The van der Waals surface area contributed by atoms with Gasteiger partial charge in [0.2, 0.25) is 5.91 Å². The molecule has 6 nitrogen and oxygen atoms in total. The number of carbonyl (C=O) groups is 2. The number of carboxylic acid groups (broad SMARTS) is 1. The summed E-state index contributed by atoms with van der Waals surface area (Å²) in [6, 6.07) is 11.8. The molecule has 0 bridgehead atoms. The van der Waals surface area contributed by atoms with Crippen molar-refractivity contribution >= 4 is 11.9 Å². The summed E-state index contributed by atoms with van der Waals surface area (Å²) in [6.45, 7) is -0.175. The number of carbonyl (C=O) groups excluding carboxylic acids is 1. The summed E-state index contributed by atoms with van der Waals surface area (Å²) in [5.74, 6) is -1.35. The highest BCUT2D eigenvalue weighted by Crippen LogP contribution is 2.23. The number of hydrogen-bond donors (Lipinski definition) is 1. The van der Waals surface area contributed by atoms with Gasteiger partial charge in [-0.2, -0.15) is 0 Å². The Hall–Kier alpha value is -3.23. The first-order valence-corrected chi connectivity index (χ1v) is 8.14. The van der Waals surface area contributed by atoms with Crippen LogP contribution in [0.3, 0.4) is 0 Å². The Kier molecular flexibility index (Phi) is 6.86. The molecule has 1 amide bonds. The standard InChI is InChI=1S/C19H18F3NO5/c1-23(11-13-5-7-15(8-6-13)27-12-18(25)26)17(24)10-14-3-2-4-16(9-14)28-19(20,21)22/h2-9H,10-12H2,1H3,(H,25,26). The molecule has 0 aromatic heterocycles. The average Bonchev–Trinajstić information content (AvgIpc) is 2.60. The van der Waals surface area contributed by atoms with E-state index in [1.165, 1.54) is 23.1 Å². The molecule has 2 aromatic rings. The molecule has 0 aliphatic heterocycles. The Labute approximate surface area is 159 Å². The zero-order chi connectivity index (χ0) is 20.7. The first kappa shape index (κ1) is 21.1. The monoisotopic (exact) mass is 397 g/mol. The van der Waals surface area contributed by atoms with Crippen LogP contribution < -0.4 is 9.47 Å². The van der Waals surface area contributed by atoms with Gasteiger partial charge in [-0.15, -0.1) is 13.2 Å². The molecule has 2 aromatic carbocycles. The normalized spacial score (nSPS) is 11.0. The molecule has 0 saturated carbocycles. The summed E-state index contributed by atoms with van der Waals surface area (Å²) in [5.41, 5.74) is 1.18. The number of carboxylic acids is 1. The number of ether oxygens (including phenoxy) is 2. The number of rotatable bonds is 8. The average molecular weight is 397 g/mol. The molecule has 0 aliphatic rings. The van der Waals surface area contributed by atoms with Crippen molar-refractivity contribution in [3.8, 4) is 11.5 Å². The number of benzene rings is 2. The van der Waals surface area contributed by atoms with Gasteiger partial charge in [0.25, 0.3) is 0 Å². The minimum absolute atomic E-state index is 0.0780. The molecule has 0 radical (unpaired) electrons. The minimum atomic E-state index is -4.79. The predicted octanol–water partition coefficient (Wildman–Crippen LogP) is 3.25. The second-order valence-electron chi connectivity index (χ2n) is 5.95. The zero-order valence-electron chi connectivity index (χ0n) is 14.9. The first-order valence-electron chi connectivity index (χ1n) is 8.14. The van der Waals surface area contributed by atoms with Gasteiger partial charge in [-0.05, 0) is 35.4 Å². The van der Waals surface area contributed by atoms with E-state index in [1.807, 2.05) is 0 Å². The van der Waals surface area contributed by atoms with Crippen molar-refractivity contribution in [2.75, 3.05) is 13.7 Å². The van der Waals surface area contributed by atoms with Gasteiger partial charge < -0.3 is 19.5 Å². The van der Waals surface area contributed by atoms with Crippen molar-refractivity contribution in [2.24, 2.45) is 0 Å². The van der Waals surface area contributed by atoms with Gasteiger partial charge in [0.15, 0.2) is 6.61 Å². The molecule has 0 spiro atoms. The second-order valence-corrected chi connectivity index (χ2v) is 5.95. The predicted molar refractivity (Wildman–Crippen MR) is 92.9 cm³/mol. The lowest BCUT2D eigenvalue weighted by atomic mass is 10.1. The number of aliphatic carboxylic acids is 1. The second kappa shape index (κ2) is 9.12. The van der Waals surface area contributed by atoms with Crippen molar-refractivity contribution < 1.29 is 37.3 Å². The molecule has 28 heavy (non-hydrogen) atoms. The third-order valence-electron chi connectivity index (χ3n) is 3.62. The quantitative estimate of drug-likeness (QED) is 0.740. The van der Waals surface area contributed by atoms with Crippen LogP contribution in [0.1, 0.15) is 11.1 Å². The number of likely N-dealkylation sites (N-methyl/N-ethyl adjacent to an activating group) is 1. The number of nitrogens with zero attached hydrogens (tertiary/aromatic N) is 1. The third-order valence-corrected chi connectivity index (χ3v) is 3.62. The summed E-state index contributed by atoms with van der Waals surface area (Å²) in [4.78, 5) is 24.2. The zero-order valence-corrected chi connectivity index (χ0v) is 14.9. The molecular weight excluding hydrogens is 379 g/mol. The number of amides is 1. The Bertz CT molecular complexity index is 821. The van der Waals surface area contributed by atoms with E-state index in [4.69, 9.17) is 9.84 Å². The Morgan fingerprint density at radius 3 is 2.32 bits per heavy atom. The summed E-state index contributed by atoms with van der Waals surface area (Å²) in [5, 5.41) is 8.57. The van der Waals surface area contributed by atoms with Gasteiger partial charge in [-0.25, -0.2) is 4.79 Å². The van der Waals surface area contributed by atoms with Crippen LogP contribution >= 0.6 is 0 Å². The minimum Gasteiger partial charge on any atom is -0.482 e. The fourth-order valence-corrected chi connectivity index (χ4v) is 2.36. The highest BCUT2D eigenvalue weighted by Gasteiger charge is 2.31. The molecule has 9 heteroatoms. The van der Waals surface area contributed by atoms with Crippen molar-refractivity contribution in [1.82, 2.24) is 4.90 Å². The number of alkyl halides is 3. The molecule has 150 valence electrons. The molecule has 0 atom stereocenters. The summed E-state index contributed by atoms with van der Waals surface area (Å²) in [7, 11) is 1.58. The van der Waals surface area contributed by atoms with Crippen LogP contribution in [0.4, 0.5) is 13.2 Å². The van der Waals surface area contributed by atoms with Crippen LogP contribution in [0.15, 0.2) is 48.5 Å². The van der Waals surface area contributed by atoms with Gasteiger partial charge in [0.1, 0.15) is 11.5 Å². The van der Waals surface area contributed by atoms with Crippen LogP contribution in [0.2, 0.25) is 0 Å². The van der Waals surface area contributed by atoms with E-state index in [2.05, 4.69) is 4.74 Å². The Morgan fingerprint density at radius 2 is 1.71 bits per heavy atom. The lowest BCUT2D eigenvalue weighted by Gasteiger charge is -2.18. The molecule has 2 rings (SSSR count). The van der Waals surface area contributed by atoms with Crippen molar-refractivity contribution in [3.05, 3.63) is 59.7 Å². The SMILES string of the molecule is CN(Cc1ccc(OCC(=O)O)cc1)C(=O)Cc1cccc(OC(F)(F)F)c1. The maximum absolute atomic E-state index is 12.3. The van der Waals surface area contributed by atoms with Gasteiger partial charge in [0.05, 0.1) is 6.42 Å². The molecule has 0 fully saturated rings. The van der Waals surface area contributed by atoms with Crippen LogP contribution in [-0.2, 0) is 22.6 Å². The molecule has 0 saturated heterocycles. The van der Waals surface area contributed by atoms with E-state index in [1.54, 1.807) is 37.4 Å². The van der Waals surface area contributed by atoms with Crippen molar-refractivity contribution in [2.45, 2.75) is 19.3 Å². The van der Waals surface area contributed by atoms with Crippen molar-refractivity contribution in [1.29, 1.82) is 0 Å². The lowest BCUT2D eigenvalue weighted by molar-refractivity contribution is -0.274. The summed E-state index contributed by atoms with van der Waals surface area (Å²) >= 11 is 0. The van der Waals surface area contributed by atoms with E-state index >= 15 is 0 Å². The van der Waals surface area contributed by atoms with E-state index in [9.17, 15) is 22.8 Å². The van der Waals surface area contributed by atoms with Crippen molar-refractivity contribution in [3.63, 3.8) is 0 Å². The molecule has 0 unspecified atom stereocenters. The van der Waals surface area contributed by atoms with Gasteiger partial charge in [-0.1, -0.05) is 24.3 Å². The van der Waals surface area contributed by atoms with E-state index < -0.39 is 18.9 Å². The number of halogens is 3. The fourth-order valence-electron chi connectivity index (χ4n) is 2.36. The summed E-state index contributed by atoms with van der Waals surface area (Å²) in [6.07, 6.45) is -4.87. The third kappa shape index (κ3) is 7.18. The largest absolute Gasteiger partial charge is 0.573 e. The van der Waals surface area contributed by atoms with E-state index in [-0.39, 0.29) is 24.6 Å². The van der Waals surface area contributed by atoms with Gasteiger partial charge in [0, 0.05) is 13.6 Å². The molecular formula is C19H18F3NO5. The molecule has 0 aliphatic carbocycles. The van der Waals surface area contributed by atoms with E-state index in [0.717, 1.165) is 5.56 Å². The van der Waals surface area contributed by atoms with Crippen LogP contribution in [-0.4, -0.2) is 41.9 Å². The maximum Gasteiger partial charge on any atom is 0.573 e.